The topological polar surface area (TPSA) is 47.4 Å². The lowest BCUT2D eigenvalue weighted by Gasteiger charge is -2.44. The number of amides is 1. The van der Waals surface area contributed by atoms with Gasteiger partial charge in [-0.1, -0.05) is 23.7 Å². The molecule has 1 aromatic heterocycles. The zero-order chi connectivity index (χ0) is 17.4. The molecule has 1 amide bonds. The van der Waals surface area contributed by atoms with E-state index in [4.69, 9.17) is 16.3 Å². The van der Waals surface area contributed by atoms with Crippen LogP contribution in [-0.4, -0.2) is 46.4 Å². The van der Waals surface area contributed by atoms with E-state index in [1.165, 1.54) is 0 Å². The van der Waals surface area contributed by atoms with Gasteiger partial charge in [-0.2, -0.15) is 5.10 Å². The fourth-order valence-corrected chi connectivity index (χ4v) is 4.30. The van der Waals surface area contributed by atoms with E-state index >= 15 is 0 Å². The van der Waals surface area contributed by atoms with Crippen molar-refractivity contribution in [2.24, 2.45) is 5.41 Å². The first-order valence-electron chi connectivity index (χ1n) is 8.82. The van der Waals surface area contributed by atoms with Gasteiger partial charge in [0.1, 0.15) is 0 Å². The molecule has 0 atom stereocenters. The summed E-state index contributed by atoms with van der Waals surface area (Å²) in [5.74, 6) is 0.00235. The summed E-state index contributed by atoms with van der Waals surface area (Å²) in [6, 6.07) is 9.24. The molecule has 2 fully saturated rings. The average Bonchev–Trinajstić information content (AvgIpc) is 3.22. The van der Waals surface area contributed by atoms with E-state index in [2.05, 4.69) is 5.10 Å². The molecule has 1 aromatic carbocycles. The summed E-state index contributed by atoms with van der Waals surface area (Å²) in [6.45, 7) is 4.42. The zero-order valence-electron chi connectivity index (χ0n) is 14.3. The van der Waals surface area contributed by atoms with Crippen LogP contribution in [0.1, 0.15) is 36.7 Å². The van der Waals surface area contributed by atoms with E-state index < -0.39 is 0 Å². The molecule has 1 aliphatic heterocycles. The fourth-order valence-electron chi connectivity index (χ4n) is 4.07. The van der Waals surface area contributed by atoms with Crippen molar-refractivity contribution in [1.29, 1.82) is 0 Å². The molecular weight excluding hydrogens is 338 g/mol. The molecule has 6 heteroatoms. The summed E-state index contributed by atoms with van der Waals surface area (Å²) < 4.78 is 7.34. The molecule has 0 bridgehead atoms. The van der Waals surface area contributed by atoms with Crippen molar-refractivity contribution < 1.29 is 9.53 Å². The Balaban J connectivity index is 1.44. The largest absolute Gasteiger partial charge is 0.378 e. The molecule has 4 rings (SSSR count). The van der Waals surface area contributed by atoms with E-state index in [9.17, 15) is 4.79 Å². The molecule has 0 radical (unpaired) electrons. The molecule has 25 heavy (non-hydrogen) atoms. The van der Waals surface area contributed by atoms with Gasteiger partial charge < -0.3 is 9.64 Å². The predicted molar refractivity (Wildman–Crippen MR) is 96.2 cm³/mol. The first-order chi connectivity index (χ1) is 12.1. The first-order valence-corrected chi connectivity index (χ1v) is 9.19. The average molecular weight is 360 g/mol. The monoisotopic (exact) mass is 359 g/mol. The number of aromatic nitrogens is 2. The van der Waals surface area contributed by atoms with Crippen molar-refractivity contribution in [1.82, 2.24) is 14.7 Å². The highest BCUT2D eigenvalue weighted by Gasteiger charge is 2.50. The molecule has 1 spiro atoms. The van der Waals surface area contributed by atoms with Gasteiger partial charge in [-0.3, -0.25) is 4.79 Å². The third-order valence-corrected chi connectivity index (χ3v) is 5.68. The lowest BCUT2D eigenvalue weighted by atomic mass is 9.66. The van der Waals surface area contributed by atoms with Crippen molar-refractivity contribution in [3.63, 3.8) is 0 Å². The van der Waals surface area contributed by atoms with Crippen molar-refractivity contribution in [3.05, 3.63) is 47.2 Å². The molecule has 1 saturated heterocycles. The maximum Gasteiger partial charge on any atom is 0.274 e. The minimum atomic E-state index is 0.00235. The van der Waals surface area contributed by atoms with Gasteiger partial charge >= 0.3 is 0 Å². The van der Waals surface area contributed by atoms with E-state index in [-0.39, 0.29) is 11.3 Å². The standard InChI is InChI=1S/C19H22ClN3O2/c1-2-25-14-11-19(12-14)8-10-22(13-19)18(24)16-7-9-23(21-16)17-6-4-3-5-15(17)20/h3-7,9,14H,2,8,10-13H2,1H3. The normalized spacial score (nSPS) is 25.4. The van der Waals surface area contributed by atoms with E-state index in [1.54, 1.807) is 16.9 Å². The maximum atomic E-state index is 12.8. The summed E-state index contributed by atoms with van der Waals surface area (Å²) >= 11 is 6.21. The Morgan fingerprint density at radius 3 is 2.92 bits per heavy atom. The van der Waals surface area contributed by atoms with Gasteiger partial charge in [0, 0.05) is 25.9 Å². The van der Waals surface area contributed by atoms with Crippen LogP contribution in [0.5, 0.6) is 0 Å². The lowest BCUT2D eigenvalue weighted by Crippen LogP contribution is -2.45. The number of ether oxygens (including phenoxy) is 1. The summed E-state index contributed by atoms with van der Waals surface area (Å²) in [5, 5.41) is 5.05. The van der Waals surface area contributed by atoms with E-state index in [0.717, 1.165) is 44.6 Å². The molecule has 132 valence electrons. The number of likely N-dealkylation sites (tertiary alicyclic amines) is 1. The second-order valence-corrected chi connectivity index (χ2v) is 7.47. The zero-order valence-corrected chi connectivity index (χ0v) is 15.1. The number of rotatable bonds is 4. The smallest absolute Gasteiger partial charge is 0.274 e. The third-order valence-electron chi connectivity index (χ3n) is 5.36. The number of nitrogens with zero attached hydrogens (tertiary/aromatic N) is 3. The predicted octanol–water partition coefficient (Wildman–Crippen LogP) is 3.56. The quantitative estimate of drug-likeness (QED) is 0.838. The summed E-state index contributed by atoms with van der Waals surface area (Å²) in [7, 11) is 0. The van der Waals surface area contributed by atoms with Crippen molar-refractivity contribution >= 4 is 17.5 Å². The minimum Gasteiger partial charge on any atom is -0.378 e. The minimum absolute atomic E-state index is 0.00235. The third kappa shape index (κ3) is 3.07. The van der Waals surface area contributed by atoms with Crippen LogP contribution >= 0.6 is 11.6 Å². The van der Waals surface area contributed by atoms with Crippen molar-refractivity contribution in [2.75, 3.05) is 19.7 Å². The van der Waals surface area contributed by atoms with Gasteiger partial charge in [0.2, 0.25) is 0 Å². The van der Waals surface area contributed by atoms with Crippen LogP contribution in [0, 0.1) is 5.41 Å². The molecule has 0 N–H and O–H groups in total. The summed E-state index contributed by atoms with van der Waals surface area (Å²) in [5.41, 5.74) is 1.51. The van der Waals surface area contributed by atoms with Crippen LogP contribution in [0.4, 0.5) is 0 Å². The summed E-state index contributed by atoms with van der Waals surface area (Å²) in [4.78, 5) is 14.7. The maximum absolute atomic E-state index is 12.8. The molecule has 5 nitrogen and oxygen atoms in total. The highest BCUT2D eigenvalue weighted by Crippen LogP contribution is 2.49. The summed E-state index contributed by atoms with van der Waals surface area (Å²) in [6.07, 6.45) is 5.36. The van der Waals surface area contributed by atoms with E-state index in [0.29, 0.717) is 16.8 Å². The molecule has 1 saturated carbocycles. The van der Waals surface area contributed by atoms with Crippen LogP contribution < -0.4 is 0 Å². The molecule has 1 aliphatic carbocycles. The van der Waals surface area contributed by atoms with Crippen LogP contribution in [0.2, 0.25) is 5.02 Å². The highest BCUT2D eigenvalue weighted by molar-refractivity contribution is 6.32. The number of benzene rings is 1. The van der Waals surface area contributed by atoms with Gasteiger partial charge in [-0.05, 0) is 49.8 Å². The van der Waals surface area contributed by atoms with Gasteiger partial charge in [0.15, 0.2) is 5.69 Å². The molecule has 2 heterocycles. The Morgan fingerprint density at radius 2 is 2.16 bits per heavy atom. The molecular formula is C19H22ClN3O2. The number of carbonyl (C=O) groups is 1. The number of para-hydroxylation sites is 1. The van der Waals surface area contributed by atoms with Crippen molar-refractivity contribution in [3.8, 4) is 5.69 Å². The van der Waals surface area contributed by atoms with Gasteiger partial charge in [-0.15, -0.1) is 0 Å². The number of halogens is 1. The SMILES string of the molecule is CCOC1CC2(CCN(C(=O)c3ccn(-c4ccccc4Cl)n3)C2)C1. The van der Waals surface area contributed by atoms with Crippen molar-refractivity contribution in [2.45, 2.75) is 32.3 Å². The van der Waals surface area contributed by atoms with Crippen LogP contribution in [-0.2, 0) is 4.74 Å². The molecule has 2 aromatic rings. The first kappa shape index (κ1) is 16.6. The Morgan fingerprint density at radius 1 is 1.36 bits per heavy atom. The molecule has 2 aliphatic rings. The van der Waals surface area contributed by atoms with Crippen LogP contribution in [0.25, 0.3) is 5.69 Å². The van der Waals surface area contributed by atoms with Gasteiger partial charge in [0.05, 0.1) is 16.8 Å². The number of hydrogen-bond acceptors (Lipinski definition) is 3. The Labute approximate surface area is 152 Å². The lowest BCUT2D eigenvalue weighted by molar-refractivity contribution is -0.0708. The fraction of sp³-hybridized carbons (Fsp3) is 0.474. The van der Waals surface area contributed by atoms with Gasteiger partial charge in [0.25, 0.3) is 5.91 Å². The van der Waals surface area contributed by atoms with Crippen LogP contribution in [0.15, 0.2) is 36.5 Å². The highest BCUT2D eigenvalue weighted by atomic mass is 35.5. The number of carbonyl (C=O) groups excluding carboxylic acids is 1. The Hall–Kier alpha value is -1.85. The Bertz CT molecular complexity index is 782. The van der Waals surface area contributed by atoms with Crippen LogP contribution in [0.3, 0.4) is 0 Å². The second kappa shape index (κ2) is 6.46. The Kier molecular flexibility index (Phi) is 4.29. The molecule has 0 unspecified atom stereocenters. The second-order valence-electron chi connectivity index (χ2n) is 7.06. The van der Waals surface area contributed by atoms with E-state index in [1.807, 2.05) is 36.1 Å². The van der Waals surface area contributed by atoms with Gasteiger partial charge in [-0.25, -0.2) is 4.68 Å². The number of hydrogen-bond donors (Lipinski definition) is 0.